The molecule has 0 aliphatic heterocycles. The highest BCUT2D eigenvalue weighted by Gasteiger charge is 2.06. The summed E-state index contributed by atoms with van der Waals surface area (Å²) in [6.45, 7) is 0.696. The number of ether oxygens (including phenoxy) is 1. The van der Waals surface area contributed by atoms with Crippen molar-refractivity contribution < 1.29 is 4.74 Å². The van der Waals surface area contributed by atoms with Crippen molar-refractivity contribution in [3.05, 3.63) is 70.8 Å². The highest BCUT2D eigenvalue weighted by Crippen LogP contribution is 2.23. The number of halogens is 1. The Morgan fingerprint density at radius 1 is 1.12 bits per heavy atom. The van der Waals surface area contributed by atoms with E-state index in [1.165, 1.54) is 5.56 Å². The van der Waals surface area contributed by atoms with Gasteiger partial charge in [0.25, 0.3) is 0 Å². The lowest BCUT2D eigenvalue weighted by atomic mass is 10.2. The van der Waals surface area contributed by atoms with Crippen LogP contribution in [0.25, 0.3) is 0 Å². The second-order valence-corrected chi connectivity index (χ2v) is 6.63. The van der Waals surface area contributed by atoms with E-state index in [0.717, 1.165) is 15.9 Å². The van der Waals surface area contributed by atoms with Gasteiger partial charge >= 0.3 is 0 Å². The molecule has 0 atom stereocenters. The van der Waals surface area contributed by atoms with Gasteiger partial charge in [-0.2, -0.15) is 5.10 Å². The third-order valence-corrected chi connectivity index (χ3v) is 4.23. The highest BCUT2D eigenvalue weighted by molar-refractivity contribution is 9.10. The summed E-state index contributed by atoms with van der Waals surface area (Å²) in [4.78, 5) is 0. The van der Waals surface area contributed by atoms with Crippen LogP contribution in [0.5, 0.6) is 5.75 Å². The van der Waals surface area contributed by atoms with Crippen molar-refractivity contribution in [2.75, 3.05) is 17.7 Å². The van der Waals surface area contributed by atoms with Crippen LogP contribution < -0.4 is 15.4 Å². The molecule has 3 aromatic rings. The third kappa shape index (κ3) is 4.80. The van der Waals surface area contributed by atoms with Crippen LogP contribution in [0, 0.1) is 0 Å². The van der Waals surface area contributed by atoms with Crippen LogP contribution in [0.15, 0.2) is 65.3 Å². The van der Waals surface area contributed by atoms with Gasteiger partial charge in [0.05, 0.1) is 19.3 Å². The number of aromatic nitrogens is 2. The van der Waals surface area contributed by atoms with E-state index in [9.17, 15) is 0 Å². The molecule has 0 saturated carbocycles. The molecule has 1 aromatic heterocycles. The standard InChI is InChI=1S/C18H17BrN4OS/c1-24-16-5-3-2-4-15(16)20-18(25)21-17-10-11-23(22-17)12-13-6-8-14(19)9-7-13/h2-11H,12H2,1H3,(H2,20,21,22,25). The van der Waals surface area contributed by atoms with Crippen LogP contribution in [-0.4, -0.2) is 22.0 Å². The van der Waals surface area contributed by atoms with E-state index in [1.54, 1.807) is 7.11 Å². The fourth-order valence-electron chi connectivity index (χ4n) is 2.31. The van der Waals surface area contributed by atoms with Crippen molar-refractivity contribution in [1.82, 2.24) is 9.78 Å². The Morgan fingerprint density at radius 2 is 1.88 bits per heavy atom. The molecule has 1 heterocycles. The Hall–Kier alpha value is -2.38. The number of benzene rings is 2. The van der Waals surface area contributed by atoms with E-state index in [4.69, 9.17) is 17.0 Å². The number of thiocarbonyl (C=S) groups is 1. The number of nitrogens with zero attached hydrogens (tertiary/aromatic N) is 2. The molecule has 0 aliphatic rings. The van der Waals surface area contributed by atoms with E-state index < -0.39 is 0 Å². The molecule has 0 unspecified atom stereocenters. The summed E-state index contributed by atoms with van der Waals surface area (Å²) in [5, 5.41) is 11.1. The minimum Gasteiger partial charge on any atom is -0.495 e. The molecule has 0 saturated heterocycles. The minimum absolute atomic E-state index is 0.457. The van der Waals surface area contributed by atoms with Crippen LogP contribution >= 0.6 is 28.1 Å². The summed E-state index contributed by atoms with van der Waals surface area (Å²) >= 11 is 8.78. The summed E-state index contributed by atoms with van der Waals surface area (Å²) in [6.07, 6.45) is 1.91. The Morgan fingerprint density at radius 3 is 2.64 bits per heavy atom. The predicted octanol–water partition coefficient (Wildman–Crippen LogP) is 4.51. The molecule has 0 spiro atoms. The normalized spacial score (nSPS) is 10.3. The average Bonchev–Trinajstić information content (AvgIpc) is 3.04. The minimum atomic E-state index is 0.457. The molecule has 2 N–H and O–H groups in total. The van der Waals surface area contributed by atoms with Crippen LogP contribution in [-0.2, 0) is 6.54 Å². The lowest BCUT2D eigenvalue weighted by molar-refractivity contribution is 0.417. The molecule has 0 radical (unpaired) electrons. The molecular weight excluding hydrogens is 400 g/mol. The Bertz CT molecular complexity index is 864. The molecule has 0 fully saturated rings. The number of rotatable bonds is 5. The second kappa shape index (κ2) is 8.13. The molecular formula is C18H17BrN4OS. The maximum absolute atomic E-state index is 5.35. The summed E-state index contributed by atoms with van der Waals surface area (Å²) < 4.78 is 8.22. The SMILES string of the molecule is COc1ccccc1NC(=S)Nc1ccn(Cc2ccc(Br)cc2)n1. The van der Waals surface area contributed by atoms with Crippen molar-refractivity contribution in [2.45, 2.75) is 6.54 Å². The Balaban J connectivity index is 1.61. The van der Waals surface area contributed by atoms with Crippen LogP contribution in [0.4, 0.5) is 11.5 Å². The first-order valence-electron chi connectivity index (χ1n) is 7.63. The maximum atomic E-state index is 5.35. The third-order valence-electron chi connectivity index (χ3n) is 3.50. The zero-order chi connectivity index (χ0) is 17.6. The first kappa shape index (κ1) is 17.4. The largest absolute Gasteiger partial charge is 0.495 e. The van der Waals surface area contributed by atoms with Gasteiger partial charge in [0.2, 0.25) is 0 Å². The molecule has 25 heavy (non-hydrogen) atoms. The van der Waals surface area contributed by atoms with Gasteiger partial charge in [-0.25, -0.2) is 0 Å². The van der Waals surface area contributed by atoms with Crippen molar-refractivity contribution in [1.29, 1.82) is 0 Å². The van der Waals surface area contributed by atoms with Crippen LogP contribution in [0.1, 0.15) is 5.56 Å². The fraction of sp³-hybridized carbons (Fsp3) is 0.111. The van der Waals surface area contributed by atoms with Crippen molar-refractivity contribution in [3.63, 3.8) is 0 Å². The molecule has 7 heteroatoms. The number of methoxy groups -OCH3 is 1. The number of hydrogen-bond donors (Lipinski definition) is 2. The quantitative estimate of drug-likeness (QED) is 0.599. The van der Waals surface area contributed by atoms with Gasteiger partial charge in [-0.05, 0) is 42.0 Å². The van der Waals surface area contributed by atoms with E-state index in [-0.39, 0.29) is 0 Å². The number of anilines is 2. The van der Waals surface area contributed by atoms with Gasteiger partial charge in [-0.15, -0.1) is 0 Å². The number of nitrogens with one attached hydrogen (secondary N) is 2. The molecule has 128 valence electrons. The first-order valence-corrected chi connectivity index (χ1v) is 8.83. The molecule has 0 aliphatic carbocycles. The van der Waals surface area contributed by atoms with Gasteiger partial charge in [0.1, 0.15) is 5.75 Å². The van der Waals surface area contributed by atoms with Crippen LogP contribution in [0.3, 0.4) is 0 Å². The number of hydrogen-bond acceptors (Lipinski definition) is 3. The van der Waals surface area contributed by atoms with Crippen LogP contribution in [0.2, 0.25) is 0 Å². The molecule has 2 aromatic carbocycles. The van der Waals surface area contributed by atoms with E-state index >= 15 is 0 Å². The monoisotopic (exact) mass is 416 g/mol. The average molecular weight is 417 g/mol. The van der Waals surface area contributed by atoms with Gasteiger partial charge < -0.3 is 15.4 Å². The molecule has 3 rings (SSSR count). The van der Waals surface area contributed by atoms with E-state index in [1.807, 2.05) is 53.3 Å². The molecule has 0 bridgehead atoms. The van der Waals surface area contributed by atoms with Gasteiger partial charge in [-0.3, -0.25) is 4.68 Å². The Labute approximate surface area is 160 Å². The summed E-state index contributed by atoms with van der Waals surface area (Å²) in [5.41, 5.74) is 1.98. The summed E-state index contributed by atoms with van der Waals surface area (Å²) in [6, 6.07) is 17.6. The van der Waals surface area contributed by atoms with Gasteiger partial charge in [0.15, 0.2) is 10.9 Å². The smallest absolute Gasteiger partial charge is 0.176 e. The second-order valence-electron chi connectivity index (χ2n) is 5.30. The lowest BCUT2D eigenvalue weighted by Crippen LogP contribution is -2.20. The molecule has 5 nitrogen and oxygen atoms in total. The van der Waals surface area contributed by atoms with Crippen molar-refractivity contribution in [3.8, 4) is 5.75 Å². The molecule has 0 amide bonds. The predicted molar refractivity (Wildman–Crippen MR) is 108 cm³/mol. The summed E-state index contributed by atoms with van der Waals surface area (Å²) in [5.74, 6) is 1.41. The van der Waals surface area contributed by atoms with Crippen molar-refractivity contribution >= 4 is 44.8 Å². The topological polar surface area (TPSA) is 51.1 Å². The van der Waals surface area contributed by atoms with E-state index in [2.05, 4.69) is 43.8 Å². The Kier molecular flexibility index (Phi) is 5.67. The number of para-hydroxylation sites is 2. The summed E-state index contributed by atoms with van der Waals surface area (Å²) in [7, 11) is 1.63. The zero-order valence-corrected chi connectivity index (χ0v) is 16.0. The van der Waals surface area contributed by atoms with Gasteiger partial charge in [-0.1, -0.05) is 40.2 Å². The maximum Gasteiger partial charge on any atom is 0.176 e. The van der Waals surface area contributed by atoms with Crippen molar-refractivity contribution in [2.24, 2.45) is 0 Å². The zero-order valence-electron chi connectivity index (χ0n) is 13.6. The first-order chi connectivity index (χ1) is 12.1. The van der Waals surface area contributed by atoms with Gasteiger partial charge in [0, 0.05) is 16.7 Å². The lowest BCUT2D eigenvalue weighted by Gasteiger charge is -2.12. The van der Waals surface area contributed by atoms with E-state index in [0.29, 0.717) is 17.5 Å². The fourth-order valence-corrected chi connectivity index (χ4v) is 2.79. The highest BCUT2D eigenvalue weighted by atomic mass is 79.9.